The average molecular weight is 244 g/mol. The lowest BCUT2D eigenvalue weighted by atomic mass is 10.2. The lowest BCUT2D eigenvalue weighted by Gasteiger charge is -2.05. The van der Waals surface area contributed by atoms with E-state index < -0.39 is 17.6 Å². The quantitative estimate of drug-likeness (QED) is 0.750. The minimum absolute atomic E-state index is 0.134. The summed E-state index contributed by atoms with van der Waals surface area (Å²) >= 11 is 0. The van der Waals surface area contributed by atoms with E-state index in [2.05, 4.69) is 0 Å². The van der Waals surface area contributed by atoms with Gasteiger partial charge in [-0.2, -0.15) is 0 Å². The molecule has 0 amide bonds. The number of rotatable bonds is 7. The molecule has 0 aliphatic rings. The van der Waals surface area contributed by atoms with Crippen LogP contribution in [0.5, 0.6) is 5.75 Å². The van der Waals surface area contributed by atoms with E-state index >= 15 is 0 Å². The minimum atomic E-state index is -0.821. The van der Waals surface area contributed by atoms with Crippen LogP contribution in [0, 0.1) is 11.6 Å². The molecule has 0 saturated carbocycles. The van der Waals surface area contributed by atoms with Crippen LogP contribution in [0.4, 0.5) is 8.78 Å². The summed E-state index contributed by atoms with van der Waals surface area (Å²) in [5.74, 6) is -2.02. The average Bonchev–Trinajstić information content (AvgIpc) is 2.21. The van der Waals surface area contributed by atoms with E-state index in [-0.39, 0.29) is 12.2 Å². The third-order valence-electron chi connectivity index (χ3n) is 2.14. The number of hydrogen-bond acceptors (Lipinski definition) is 2. The highest BCUT2D eigenvalue weighted by Gasteiger charge is 2.01. The number of halogens is 2. The number of benzene rings is 1. The summed E-state index contributed by atoms with van der Waals surface area (Å²) in [6, 6.07) is 3.00. The topological polar surface area (TPSA) is 46.5 Å². The van der Waals surface area contributed by atoms with Crippen molar-refractivity contribution in [1.29, 1.82) is 0 Å². The molecule has 3 nitrogen and oxygen atoms in total. The van der Waals surface area contributed by atoms with Crippen LogP contribution in [0.3, 0.4) is 0 Å². The van der Waals surface area contributed by atoms with Crippen LogP contribution in [-0.4, -0.2) is 17.7 Å². The fraction of sp³-hybridized carbons (Fsp3) is 0.417. The van der Waals surface area contributed by atoms with Crippen molar-refractivity contribution in [3.63, 3.8) is 0 Å². The highest BCUT2D eigenvalue weighted by molar-refractivity contribution is 5.66. The summed E-state index contributed by atoms with van der Waals surface area (Å²) in [6.45, 7) is 0.322. The summed E-state index contributed by atoms with van der Waals surface area (Å²) < 4.78 is 30.7. The van der Waals surface area contributed by atoms with E-state index in [1.807, 2.05) is 0 Å². The second-order valence-electron chi connectivity index (χ2n) is 3.66. The van der Waals surface area contributed by atoms with Crippen LogP contribution >= 0.6 is 0 Å². The SMILES string of the molecule is O=C(O)CCCCCOc1cc(F)cc(F)c1. The van der Waals surface area contributed by atoms with E-state index in [4.69, 9.17) is 9.84 Å². The van der Waals surface area contributed by atoms with Crippen LogP contribution in [0.25, 0.3) is 0 Å². The zero-order chi connectivity index (χ0) is 12.7. The molecule has 1 rings (SSSR count). The van der Waals surface area contributed by atoms with Crippen molar-refractivity contribution in [2.75, 3.05) is 6.61 Å². The molecular formula is C12H14F2O3. The molecular weight excluding hydrogens is 230 g/mol. The first kappa shape index (κ1) is 13.4. The molecule has 0 heterocycles. The van der Waals surface area contributed by atoms with Crippen LogP contribution in [0.15, 0.2) is 18.2 Å². The number of carboxylic acid groups (broad SMARTS) is 1. The summed E-state index contributed by atoms with van der Waals surface area (Å²) in [4.78, 5) is 10.2. The van der Waals surface area contributed by atoms with Gasteiger partial charge in [-0.1, -0.05) is 0 Å². The summed E-state index contributed by atoms with van der Waals surface area (Å²) in [7, 11) is 0. The van der Waals surface area contributed by atoms with Crippen molar-refractivity contribution in [2.24, 2.45) is 0 Å². The maximum Gasteiger partial charge on any atom is 0.303 e. The first-order valence-electron chi connectivity index (χ1n) is 5.38. The molecule has 0 aliphatic carbocycles. The standard InChI is InChI=1S/C12H14F2O3/c13-9-6-10(14)8-11(7-9)17-5-3-1-2-4-12(15)16/h6-8H,1-5H2,(H,15,16). The Balaban J connectivity index is 2.20. The molecule has 1 aromatic carbocycles. The predicted octanol–water partition coefficient (Wildman–Crippen LogP) is 2.99. The molecule has 0 bridgehead atoms. The van der Waals surface area contributed by atoms with E-state index in [9.17, 15) is 13.6 Å². The highest BCUT2D eigenvalue weighted by atomic mass is 19.1. The number of ether oxygens (including phenoxy) is 1. The molecule has 0 radical (unpaired) electrons. The van der Waals surface area contributed by atoms with Gasteiger partial charge in [0, 0.05) is 24.6 Å². The van der Waals surface area contributed by atoms with Gasteiger partial charge in [-0.3, -0.25) is 4.79 Å². The molecule has 5 heteroatoms. The molecule has 0 unspecified atom stereocenters. The first-order valence-corrected chi connectivity index (χ1v) is 5.38. The molecule has 0 aliphatic heterocycles. The predicted molar refractivity (Wildman–Crippen MR) is 58.0 cm³/mol. The lowest BCUT2D eigenvalue weighted by Crippen LogP contribution is -1.99. The Morgan fingerprint density at radius 3 is 2.35 bits per heavy atom. The van der Waals surface area contributed by atoms with E-state index in [0.29, 0.717) is 25.9 Å². The van der Waals surface area contributed by atoms with Crippen LogP contribution in [0.2, 0.25) is 0 Å². The second kappa shape index (κ2) is 6.83. The van der Waals surface area contributed by atoms with Gasteiger partial charge >= 0.3 is 5.97 Å². The number of carboxylic acids is 1. The Morgan fingerprint density at radius 2 is 1.76 bits per heavy atom. The van der Waals surface area contributed by atoms with Crippen LogP contribution in [0.1, 0.15) is 25.7 Å². The van der Waals surface area contributed by atoms with E-state index in [1.54, 1.807) is 0 Å². The molecule has 0 spiro atoms. The number of aliphatic carboxylic acids is 1. The van der Waals surface area contributed by atoms with Crippen molar-refractivity contribution >= 4 is 5.97 Å². The molecule has 17 heavy (non-hydrogen) atoms. The smallest absolute Gasteiger partial charge is 0.303 e. The van der Waals surface area contributed by atoms with Crippen LogP contribution < -0.4 is 4.74 Å². The highest BCUT2D eigenvalue weighted by Crippen LogP contribution is 2.15. The maximum atomic E-state index is 12.8. The number of unbranched alkanes of at least 4 members (excludes halogenated alkanes) is 2. The third kappa shape index (κ3) is 5.85. The van der Waals surface area contributed by atoms with Crippen LogP contribution in [-0.2, 0) is 4.79 Å². The largest absolute Gasteiger partial charge is 0.493 e. The maximum absolute atomic E-state index is 12.8. The Bertz CT molecular complexity index is 360. The summed E-state index contributed by atoms with van der Waals surface area (Å²) in [5.41, 5.74) is 0. The Hall–Kier alpha value is -1.65. The zero-order valence-corrected chi connectivity index (χ0v) is 9.29. The van der Waals surface area contributed by atoms with Gasteiger partial charge in [0.2, 0.25) is 0 Å². The van der Waals surface area contributed by atoms with Gasteiger partial charge in [0.05, 0.1) is 6.61 Å². The third-order valence-corrected chi connectivity index (χ3v) is 2.14. The van der Waals surface area contributed by atoms with Crippen molar-refractivity contribution in [2.45, 2.75) is 25.7 Å². The Morgan fingerprint density at radius 1 is 1.12 bits per heavy atom. The fourth-order valence-electron chi connectivity index (χ4n) is 1.36. The number of carbonyl (C=O) groups is 1. The second-order valence-corrected chi connectivity index (χ2v) is 3.66. The first-order chi connectivity index (χ1) is 8.08. The van der Waals surface area contributed by atoms with Crippen molar-refractivity contribution in [3.8, 4) is 5.75 Å². The molecule has 0 aromatic heterocycles. The molecule has 0 fully saturated rings. The van der Waals surface area contributed by atoms with Gasteiger partial charge in [0.15, 0.2) is 0 Å². The molecule has 94 valence electrons. The van der Waals surface area contributed by atoms with E-state index in [0.717, 1.165) is 18.2 Å². The summed E-state index contributed by atoms with van der Waals surface area (Å²) in [5, 5.41) is 8.39. The van der Waals surface area contributed by atoms with Gasteiger partial charge in [0.25, 0.3) is 0 Å². The summed E-state index contributed by atoms with van der Waals surface area (Å²) in [6.07, 6.45) is 2.08. The lowest BCUT2D eigenvalue weighted by molar-refractivity contribution is -0.137. The van der Waals surface area contributed by atoms with Crippen molar-refractivity contribution in [1.82, 2.24) is 0 Å². The van der Waals surface area contributed by atoms with Crippen molar-refractivity contribution < 1.29 is 23.4 Å². The molecule has 1 aromatic rings. The Kier molecular flexibility index (Phi) is 5.39. The fourth-order valence-corrected chi connectivity index (χ4v) is 1.36. The number of hydrogen-bond donors (Lipinski definition) is 1. The van der Waals surface area contributed by atoms with Gasteiger partial charge in [-0.05, 0) is 19.3 Å². The van der Waals surface area contributed by atoms with Crippen molar-refractivity contribution in [3.05, 3.63) is 29.8 Å². The molecule has 1 N–H and O–H groups in total. The normalized spacial score (nSPS) is 10.2. The van der Waals surface area contributed by atoms with Gasteiger partial charge in [-0.15, -0.1) is 0 Å². The molecule has 0 atom stereocenters. The monoisotopic (exact) mass is 244 g/mol. The van der Waals surface area contributed by atoms with Gasteiger partial charge < -0.3 is 9.84 Å². The Labute approximate surface area is 98.0 Å². The van der Waals surface area contributed by atoms with Gasteiger partial charge in [-0.25, -0.2) is 8.78 Å². The zero-order valence-electron chi connectivity index (χ0n) is 9.29. The minimum Gasteiger partial charge on any atom is -0.493 e. The van der Waals surface area contributed by atoms with Gasteiger partial charge in [0.1, 0.15) is 17.4 Å². The molecule has 0 saturated heterocycles. The van der Waals surface area contributed by atoms with E-state index in [1.165, 1.54) is 0 Å².